The van der Waals surface area contributed by atoms with Gasteiger partial charge >= 0.3 is 5.97 Å². The van der Waals surface area contributed by atoms with Gasteiger partial charge in [0.25, 0.3) is 15.9 Å². The maximum Gasteiger partial charge on any atom is 0.338 e. The minimum atomic E-state index is -3.92. The van der Waals surface area contributed by atoms with Gasteiger partial charge in [0, 0.05) is 30.4 Å². The molecular formula is C25H26N2O7S. The fraction of sp³-hybridized carbons (Fsp3) is 0.200. The Bertz CT molecular complexity index is 1270. The van der Waals surface area contributed by atoms with Crippen LogP contribution < -0.4 is 19.1 Å². The van der Waals surface area contributed by atoms with Crippen LogP contribution in [0, 0.1) is 0 Å². The molecule has 0 atom stereocenters. The highest BCUT2D eigenvalue weighted by Crippen LogP contribution is 2.26. The molecule has 3 aromatic rings. The summed E-state index contributed by atoms with van der Waals surface area (Å²) in [5, 5.41) is 2.60. The number of hydrogen-bond acceptors (Lipinski definition) is 7. The number of rotatable bonds is 10. The molecule has 0 aliphatic heterocycles. The second kappa shape index (κ2) is 11.4. The maximum absolute atomic E-state index is 13.2. The van der Waals surface area contributed by atoms with Gasteiger partial charge in [-0.05, 0) is 37.3 Å². The van der Waals surface area contributed by atoms with Gasteiger partial charge in [0.1, 0.15) is 11.5 Å². The lowest BCUT2D eigenvalue weighted by Gasteiger charge is -2.23. The SMILES string of the molecule is CCN(c1ccccc1)S(=O)(=O)c1cccc(C(=O)OCC(=O)Nc2cc(OC)cc(OC)c2)c1. The summed E-state index contributed by atoms with van der Waals surface area (Å²) in [5.41, 5.74) is 0.913. The Morgan fingerprint density at radius 1 is 0.886 bits per heavy atom. The first kappa shape index (κ1) is 25.6. The Hall–Kier alpha value is -4.05. The number of anilines is 2. The molecule has 3 aromatic carbocycles. The first-order valence-electron chi connectivity index (χ1n) is 10.7. The number of esters is 1. The number of ether oxygens (including phenoxy) is 3. The van der Waals surface area contributed by atoms with Crippen molar-refractivity contribution in [3.63, 3.8) is 0 Å². The van der Waals surface area contributed by atoms with Crippen molar-refractivity contribution < 1.29 is 32.2 Å². The second-order valence-electron chi connectivity index (χ2n) is 7.26. The highest BCUT2D eigenvalue weighted by atomic mass is 32.2. The third-order valence-electron chi connectivity index (χ3n) is 4.96. The van der Waals surface area contributed by atoms with E-state index in [2.05, 4.69) is 5.32 Å². The number of amides is 1. The average molecular weight is 499 g/mol. The molecule has 0 saturated carbocycles. The van der Waals surface area contributed by atoms with E-state index in [1.807, 2.05) is 0 Å². The van der Waals surface area contributed by atoms with Crippen LogP contribution in [0.5, 0.6) is 11.5 Å². The lowest BCUT2D eigenvalue weighted by atomic mass is 10.2. The molecule has 35 heavy (non-hydrogen) atoms. The molecule has 0 radical (unpaired) electrons. The third kappa shape index (κ3) is 6.30. The van der Waals surface area contributed by atoms with E-state index in [-0.39, 0.29) is 17.0 Å². The molecule has 0 bridgehead atoms. The zero-order chi connectivity index (χ0) is 25.4. The predicted molar refractivity (Wildman–Crippen MR) is 132 cm³/mol. The number of carbonyl (C=O) groups excluding carboxylic acids is 2. The minimum absolute atomic E-state index is 0.00559. The normalized spacial score (nSPS) is 10.8. The van der Waals surface area contributed by atoms with E-state index >= 15 is 0 Å². The molecule has 0 aliphatic rings. The van der Waals surface area contributed by atoms with Gasteiger partial charge in [0.15, 0.2) is 6.61 Å². The number of para-hydroxylation sites is 1. The summed E-state index contributed by atoms with van der Waals surface area (Å²) in [5.74, 6) is -0.459. The highest BCUT2D eigenvalue weighted by molar-refractivity contribution is 7.92. The standard InChI is InChI=1S/C25H26N2O7S/c1-4-27(20-10-6-5-7-11-20)35(30,31)23-12-8-9-18(13-23)25(29)34-17-24(28)26-19-14-21(32-2)16-22(15-19)33-3/h5-16H,4,17H2,1-3H3,(H,26,28). The lowest BCUT2D eigenvalue weighted by molar-refractivity contribution is -0.119. The number of nitrogens with zero attached hydrogens (tertiary/aromatic N) is 1. The molecular weight excluding hydrogens is 472 g/mol. The van der Waals surface area contributed by atoms with E-state index in [1.54, 1.807) is 55.5 Å². The molecule has 184 valence electrons. The summed E-state index contributed by atoms with van der Waals surface area (Å²) < 4.78 is 43.1. The van der Waals surface area contributed by atoms with Crippen molar-refractivity contribution in [1.82, 2.24) is 0 Å². The van der Waals surface area contributed by atoms with Crippen LogP contribution in [-0.2, 0) is 19.6 Å². The topological polar surface area (TPSA) is 111 Å². The average Bonchev–Trinajstić information content (AvgIpc) is 2.88. The van der Waals surface area contributed by atoms with E-state index < -0.39 is 28.5 Å². The number of hydrogen-bond donors (Lipinski definition) is 1. The van der Waals surface area contributed by atoms with Gasteiger partial charge in [-0.3, -0.25) is 9.10 Å². The molecule has 10 heteroatoms. The first-order chi connectivity index (χ1) is 16.8. The Morgan fingerprint density at radius 2 is 1.54 bits per heavy atom. The third-order valence-corrected chi connectivity index (χ3v) is 6.86. The Kier molecular flexibility index (Phi) is 8.32. The second-order valence-corrected chi connectivity index (χ2v) is 9.12. The summed E-state index contributed by atoms with van der Waals surface area (Å²) >= 11 is 0. The van der Waals surface area contributed by atoms with Gasteiger partial charge < -0.3 is 19.5 Å². The van der Waals surface area contributed by atoms with Crippen molar-refractivity contribution in [2.24, 2.45) is 0 Å². The Balaban J connectivity index is 1.70. The predicted octanol–water partition coefficient (Wildman–Crippen LogP) is 3.71. The zero-order valence-corrected chi connectivity index (χ0v) is 20.4. The summed E-state index contributed by atoms with van der Waals surface area (Å²) in [6, 6.07) is 19.0. The van der Waals surface area contributed by atoms with Crippen LogP contribution in [0.4, 0.5) is 11.4 Å². The van der Waals surface area contributed by atoms with Crippen LogP contribution in [0.1, 0.15) is 17.3 Å². The van der Waals surface area contributed by atoms with Gasteiger partial charge in [-0.25, -0.2) is 13.2 Å². The summed E-state index contributed by atoms with van der Waals surface area (Å²) in [4.78, 5) is 24.8. The van der Waals surface area contributed by atoms with E-state index in [1.165, 1.54) is 42.8 Å². The zero-order valence-electron chi connectivity index (χ0n) is 19.6. The van der Waals surface area contributed by atoms with Gasteiger partial charge in [0.05, 0.1) is 30.4 Å². The van der Waals surface area contributed by atoms with E-state index in [0.29, 0.717) is 22.9 Å². The summed E-state index contributed by atoms with van der Waals surface area (Å²) in [6.07, 6.45) is 0. The minimum Gasteiger partial charge on any atom is -0.497 e. The van der Waals surface area contributed by atoms with Gasteiger partial charge in [-0.15, -0.1) is 0 Å². The maximum atomic E-state index is 13.2. The van der Waals surface area contributed by atoms with Crippen LogP contribution in [0.2, 0.25) is 0 Å². The fourth-order valence-corrected chi connectivity index (χ4v) is 4.81. The monoisotopic (exact) mass is 498 g/mol. The number of methoxy groups -OCH3 is 2. The Labute approximate surface area is 204 Å². The molecule has 9 nitrogen and oxygen atoms in total. The summed E-state index contributed by atoms with van der Waals surface area (Å²) in [6.45, 7) is 1.36. The first-order valence-corrected chi connectivity index (χ1v) is 12.1. The van der Waals surface area contributed by atoms with Crippen molar-refractivity contribution in [2.45, 2.75) is 11.8 Å². The fourth-order valence-electron chi connectivity index (χ4n) is 3.29. The van der Waals surface area contributed by atoms with Crippen LogP contribution in [0.15, 0.2) is 77.7 Å². The molecule has 0 aliphatic carbocycles. The van der Waals surface area contributed by atoms with Crippen molar-refractivity contribution in [3.05, 3.63) is 78.4 Å². The molecule has 0 heterocycles. The molecule has 0 aromatic heterocycles. The number of benzene rings is 3. The van der Waals surface area contributed by atoms with E-state index in [9.17, 15) is 18.0 Å². The largest absolute Gasteiger partial charge is 0.497 e. The number of nitrogens with one attached hydrogen (secondary N) is 1. The van der Waals surface area contributed by atoms with Crippen LogP contribution in [-0.4, -0.2) is 47.7 Å². The van der Waals surface area contributed by atoms with Crippen molar-refractivity contribution >= 4 is 33.3 Å². The molecule has 1 amide bonds. The van der Waals surface area contributed by atoms with Gasteiger partial charge in [-0.2, -0.15) is 0 Å². The van der Waals surface area contributed by atoms with Gasteiger partial charge in [0.2, 0.25) is 0 Å². The molecule has 0 saturated heterocycles. The smallest absolute Gasteiger partial charge is 0.338 e. The van der Waals surface area contributed by atoms with Crippen LogP contribution in [0.3, 0.4) is 0 Å². The Morgan fingerprint density at radius 3 is 2.14 bits per heavy atom. The van der Waals surface area contributed by atoms with E-state index in [4.69, 9.17) is 14.2 Å². The summed E-state index contributed by atoms with van der Waals surface area (Å²) in [7, 11) is -0.959. The molecule has 1 N–H and O–H groups in total. The molecule has 3 rings (SSSR count). The molecule has 0 fully saturated rings. The molecule has 0 unspecified atom stereocenters. The van der Waals surface area contributed by atoms with Crippen LogP contribution in [0.25, 0.3) is 0 Å². The highest BCUT2D eigenvalue weighted by Gasteiger charge is 2.24. The van der Waals surface area contributed by atoms with Crippen molar-refractivity contribution in [2.75, 3.05) is 37.0 Å². The van der Waals surface area contributed by atoms with Crippen LogP contribution >= 0.6 is 0 Å². The number of sulfonamides is 1. The lowest BCUT2D eigenvalue weighted by Crippen LogP contribution is -2.30. The van der Waals surface area contributed by atoms with E-state index in [0.717, 1.165) is 0 Å². The quantitative estimate of drug-likeness (QED) is 0.424. The number of carbonyl (C=O) groups is 2. The van der Waals surface area contributed by atoms with Crippen molar-refractivity contribution in [3.8, 4) is 11.5 Å². The van der Waals surface area contributed by atoms with Gasteiger partial charge in [-0.1, -0.05) is 24.3 Å². The van der Waals surface area contributed by atoms with Crippen molar-refractivity contribution in [1.29, 1.82) is 0 Å². The molecule has 0 spiro atoms.